The first kappa shape index (κ1) is 17.9. The lowest BCUT2D eigenvalue weighted by atomic mass is 10.3. The molecule has 0 aliphatic heterocycles. The van der Waals surface area contributed by atoms with E-state index in [2.05, 4.69) is 5.32 Å². The van der Waals surface area contributed by atoms with Gasteiger partial charge in [-0.25, -0.2) is 0 Å². The summed E-state index contributed by atoms with van der Waals surface area (Å²) >= 11 is 0. The van der Waals surface area contributed by atoms with Crippen molar-refractivity contribution >= 4 is 5.69 Å². The molecule has 0 saturated heterocycles. The van der Waals surface area contributed by atoms with Gasteiger partial charge in [0.05, 0.1) is 0 Å². The standard InChI is InChI=1S/C7H9N.2C2H6.CH4/c1-8-7-5-3-2-4-6-7;2*1-2;/h2-6,8H,1H3;2*1-2H3;1H4. The van der Waals surface area contributed by atoms with E-state index in [1.165, 1.54) is 0 Å². The Hall–Kier alpha value is -0.980. The first-order valence-electron chi connectivity index (χ1n) is 4.66. The predicted molar refractivity (Wildman–Crippen MR) is 65.4 cm³/mol. The van der Waals surface area contributed by atoms with Gasteiger partial charge in [-0.1, -0.05) is 53.3 Å². The molecule has 1 rings (SSSR count). The fraction of sp³-hybridized carbons (Fsp3) is 0.500. The van der Waals surface area contributed by atoms with Crippen LogP contribution in [-0.4, -0.2) is 7.05 Å². The third-order valence-corrected chi connectivity index (χ3v) is 1.06. The summed E-state index contributed by atoms with van der Waals surface area (Å²) in [6, 6.07) is 10.1. The average molecular weight is 183 g/mol. The minimum absolute atomic E-state index is 0. The van der Waals surface area contributed by atoms with Crippen molar-refractivity contribution in [2.75, 3.05) is 12.4 Å². The Morgan fingerprint density at radius 1 is 0.846 bits per heavy atom. The molecule has 1 aromatic rings. The molecule has 1 nitrogen and oxygen atoms in total. The second-order valence-electron chi connectivity index (χ2n) is 1.62. The van der Waals surface area contributed by atoms with E-state index in [0.29, 0.717) is 0 Å². The molecule has 0 aliphatic rings. The van der Waals surface area contributed by atoms with Gasteiger partial charge in [0.2, 0.25) is 0 Å². The van der Waals surface area contributed by atoms with Crippen molar-refractivity contribution in [3.05, 3.63) is 30.3 Å². The minimum atomic E-state index is 0. The maximum Gasteiger partial charge on any atom is 0.0337 e. The molecule has 0 saturated carbocycles. The lowest BCUT2D eigenvalue weighted by Gasteiger charge is -1.94. The lowest BCUT2D eigenvalue weighted by molar-refractivity contribution is 1.50. The van der Waals surface area contributed by atoms with Gasteiger partial charge in [0.15, 0.2) is 0 Å². The van der Waals surface area contributed by atoms with Crippen molar-refractivity contribution in [1.82, 2.24) is 0 Å². The zero-order valence-corrected chi connectivity index (χ0v) is 8.89. The third-order valence-electron chi connectivity index (χ3n) is 1.06. The van der Waals surface area contributed by atoms with E-state index in [4.69, 9.17) is 0 Å². The number of benzene rings is 1. The maximum absolute atomic E-state index is 3.03. The summed E-state index contributed by atoms with van der Waals surface area (Å²) in [5.41, 5.74) is 1.16. The van der Waals surface area contributed by atoms with Crippen LogP contribution in [0.15, 0.2) is 30.3 Å². The van der Waals surface area contributed by atoms with Crippen LogP contribution in [0.25, 0.3) is 0 Å². The van der Waals surface area contributed by atoms with E-state index in [1.54, 1.807) is 0 Å². The van der Waals surface area contributed by atoms with Crippen molar-refractivity contribution < 1.29 is 0 Å². The van der Waals surface area contributed by atoms with Crippen molar-refractivity contribution in [2.45, 2.75) is 35.1 Å². The van der Waals surface area contributed by atoms with E-state index in [-0.39, 0.29) is 7.43 Å². The zero-order valence-electron chi connectivity index (χ0n) is 8.89. The summed E-state index contributed by atoms with van der Waals surface area (Å²) in [5.74, 6) is 0. The molecule has 13 heavy (non-hydrogen) atoms. The van der Waals surface area contributed by atoms with E-state index in [1.807, 2.05) is 65.1 Å². The van der Waals surface area contributed by atoms with Gasteiger partial charge in [0, 0.05) is 12.7 Å². The second kappa shape index (κ2) is 17.2. The molecule has 0 aliphatic carbocycles. The quantitative estimate of drug-likeness (QED) is 0.679. The van der Waals surface area contributed by atoms with Crippen LogP contribution in [0.4, 0.5) is 5.69 Å². The first-order valence-corrected chi connectivity index (χ1v) is 4.66. The highest BCUT2D eigenvalue weighted by atomic mass is 14.8. The van der Waals surface area contributed by atoms with Gasteiger partial charge in [-0.15, -0.1) is 0 Å². The fourth-order valence-corrected chi connectivity index (χ4v) is 0.605. The number of anilines is 1. The highest BCUT2D eigenvalue weighted by molar-refractivity contribution is 5.41. The van der Waals surface area contributed by atoms with Crippen LogP contribution in [0, 0.1) is 0 Å². The van der Waals surface area contributed by atoms with Crippen LogP contribution < -0.4 is 5.32 Å². The van der Waals surface area contributed by atoms with Gasteiger partial charge in [0.25, 0.3) is 0 Å². The Balaban J connectivity index is -0.000000178. The topological polar surface area (TPSA) is 12.0 Å². The molecule has 1 aromatic carbocycles. The van der Waals surface area contributed by atoms with Crippen LogP contribution in [0.1, 0.15) is 35.1 Å². The number of hydrogen-bond acceptors (Lipinski definition) is 1. The molecule has 0 atom stereocenters. The van der Waals surface area contributed by atoms with Crippen LogP contribution in [0.3, 0.4) is 0 Å². The lowest BCUT2D eigenvalue weighted by Crippen LogP contribution is -1.84. The molecular formula is C12H25N. The average Bonchev–Trinajstić information content (AvgIpc) is 2.25. The summed E-state index contributed by atoms with van der Waals surface area (Å²) in [6.07, 6.45) is 0. The van der Waals surface area contributed by atoms with Gasteiger partial charge in [-0.2, -0.15) is 0 Å². The van der Waals surface area contributed by atoms with Gasteiger partial charge in [-0.05, 0) is 12.1 Å². The van der Waals surface area contributed by atoms with Crippen molar-refractivity contribution in [3.8, 4) is 0 Å². The number of hydrogen-bond donors (Lipinski definition) is 1. The van der Waals surface area contributed by atoms with Crippen LogP contribution in [-0.2, 0) is 0 Å². The molecule has 0 aromatic heterocycles. The number of nitrogens with one attached hydrogen (secondary N) is 1. The van der Waals surface area contributed by atoms with E-state index < -0.39 is 0 Å². The Morgan fingerprint density at radius 2 is 1.23 bits per heavy atom. The smallest absolute Gasteiger partial charge is 0.0337 e. The van der Waals surface area contributed by atoms with Gasteiger partial charge in [0.1, 0.15) is 0 Å². The molecule has 0 amide bonds. The third kappa shape index (κ3) is 11.0. The molecule has 0 unspecified atom stereocenters. The Labute approximate surface area is 84.2 Å². The summed E-state index contributed by atoms with van der Waals surface area (Å²) in [6.45, 7) is 8.00. The molecule has 1 N–H and O–H groups in total. The fourth-order valence-electron chi connectivity index (χ4n) is 0.605. The normalized spacial score (nSPS) is 6.23. The maximum atomic E-state index is 3.03. The number of rotatable bonds is 1. The monoisotopic (exact) mass is 183 g/mol. The first-order chi connectivity index (χ1) is 5.93. The Bertz CT molecular complexity index is 146. The largest absolute Gasteiger partial charge is 0.388 e. The molecule has 78 valence electrons. The van der Waals surface area contributed by atoms with Crippen LogP contribution in [0.2, 0.25) is 0 Å². The van der Waals surface area contributed by atoms with Crippen LogP contribution in [0.5, 0.6) is 0 Å². The summed E-state index contributed by atoms with van der Waals surface area (Å²) < 4.78 is 0. The molecule has 0 spiro atoms. The van der Waals surface area contributed by atoms with Crippen molar-refractivity contribution in [2.24, 2.45) is 0 Å². The predicted octanol–water partition coefficient (Wildman–Crippen LogP) is 4.42. The molecule has 1 heteroatoms. The second-order valence-corrected chi connectivity index (χ2v) is 1.62. The molecule has 0 radical (unpaired) electrons. The van der Waals surface area contributed by atoms with Gasteiger partial charge >= 0.3 is 0 Å². The summed E-state index contributed by atoms with van der Waals surface area (Å²) in [7, 11) is 1.91. The molecular weight excluding hydrogens is 158 g/mol. The molecule has 0 bridgehead atoms. The minimum Gasteiger partial charge on any atom is -0.388 e. The molecule has 0 fully saturated rings. The van der Waals surface area contributed by atoms with E-state index >= 15 is 0 Å². The van der Waals surface area contributed by atoms with Crippen LogP contribution >= 0.6 is 0 Å². The van der Waals surface area contributed by atoms with Gasteiger partial charge in [-0.3, -0.25) is 0 Å². The summed E-state index contributed by atoms with van der Waals surface area (Å²) in [4.78, 5) is 0. The highest BCUT2D eigenvalue weighted by Gasteiger charge is 1.77. The Morgan fingerprint density at radius 3 is 1.46 bits per heavy atom. The SMILES string of the molecule is C.CC.CC.CNc1ccccc1. The van der Waals surface area contributed by atoms with Crippen molar-refractivity contribution in [1.29, 1.82) is 0 Å². The van der Waals surface area contributed by atoms with Gasteiger partial charge < -0.3 is 5.32 Å². The highest BCUT2D eigenvalue weighted by Crippen LogP contribution is 2.01. The van der Waals surface area contributed by atoms with E-state index in [9.17, 15) is 0 Å². The van der Waals surface area contributed by atoms with Crippen molar-refractivity contribution in [3.63, 3.8) is 0 Å². The van der Waals surface area contributed by atoms with E-state index in [0.717, 1.165) is 5.69 Å². The molecule has 0 heterocycles. The number of para-hydroxylation sites is 1. The zero-order chi connectivity index (χ0) is 9.82. The Kier molecular flexibility index (Phi) is 23.7. The summed E-state index contributed by atoms with van der Waals surface area (Å²) in [5, 5.41) is 3.03.